The molecule has 2 aliphatic heterocycles. The summed E-state index contributed by atoms with van der Waals surface area (Å²) in [4.78, 5) is 32.6. The van der Waals surface area contributed by atoms with Crippen LogP contribution in [0.25, 0.3) is 16.8 Å². The number of pyridine rings is 1. The predicted molar refractivity (Wildman–Crippen MR) is 142 cm³/mol. The van der Waals surface area contributed by atoms with Gasteiger partial charge < -0.3 is 10.2 Å². The quantitative estimate of drug-likeness (QED) is 0.432. The Morgan fingerprint density at radius 1 is 1.21 bits per heavy atom. The molecule has 0 fully saturated rings. The largest absolute Gasteiger partial charge is 0.333 e. The Bertz CT molecular complexity index is 1510. The van der Waals surface area contributed by atoms with Gasteiger partial charge in [0, 0.05) is 35.3 Å². The molecule has 2 aromatic heterocycles. The molecular weight excluding hydrogens is 526 g/mol. The lowest BCUT2D eigenvalue weighted by molar-refractivity contribution is -0.129. The van der Waals surface area contributed by atoms with Crippen LogP contribution in [0, 0.1) is 17.2 Å². The fourth-order valence-electron chi connectivity index (χ4n) is 5.19. The van der Waals surface area contributed by atoms with Gasteiger partial charge in [-0.1, -0.05) is 24.9 Å². The van der Waals surface area contributed by atoms with E-state index in [4.69, 9.17) is 11.6 Å². The van der Waals surface area contributed by atoms with E-state index in [9.17, 15) is 23.6 Å². The molecule has 0 spiro atoms. The monoisotopic (exact) mass is 550 g/mol. The number of nitrogens with zero attached hydrogens (tertiary/aromatic N) is 5. The summed E-state index contributed by atoms with van der Waals surface area (Å²) in [5.74, 6) is -0.906. The highest BCUT2D eigenvalue weighted by atomic mass is 35.5. The van der Waals surface area contributed by atoms with Crippen molar-refractivity contribution < 1.29 is 18.4 Å². The van der Waals surface area contributed by atoms with Crippen LogP contribution in [0.4, 0.5) is 14.5 Å². The summed E-state index contributed by atoms with van der Waals surface area (Å²) in [5, 5.41) is 16.6. The average molecular weight is 551 g/mol. The number of carbonyl (C=O) groups excluding carboxylic acids is 2. The summed E-state index contributed by atoms with van der Waals surface area (Å²) >= 11 is 6.16. The second kappa shape index (κ2) is 10.9. The lowest BCUT2D eigenvalue weighted by atomic mass is 9.92. The molecule has 3 aromatic rings. The number of amides is 2. The minimum Gasteiger partial charge on any atom is -0.330 e. The molecule has 8 nitrogen and oxygen atoms in total. The van der Waals surface area contributed by atoms with E-state index in [1.54, 1.807) is 42.2 Å². The van der Waals surface area contributed by atoms with Gasteiger partial charge in [0.25, 0.3) is 0 Å². The van der Waals surface area contributed by atoms with Crippen LogP contribution >= 0.6 is 11.6 Å². The molecule has 0 saturated heterocycles. The van der Waals surface area contributed by atoms with Gasteiger partial charge in [-0.2, -0.15) is 19.1 Å². The Hall–Kier alpha value is -4.10. The molecule has 0 radical (unpaired) electrons. The van der Waals surface area contributed by atoms with E-state index in [-0.39, 0.29) is 29.1 Å². The number of halogens is 3. The highest BCUT2D eigenvalue weighted by molar-refractivity contribution is 6.30. The van der Waals surface area contributed by atoms with Crippen LogP contribution in [0.3, 0.4) is 0 Å². The molecule has 5 rings (SSSR count). The zero-order valence-corrected chi connectivity index (χ0v) is 21.8. The molecule has 1 N–H and O–H groups in total. The zero-order chi connectivity index (χ0) is 27.7. The van der Waals surface area contributed by atoms with E-state index in [0.29, 0.717) is 64.3 Å². The normalized spacial score (nSPS) is 19.9. The first-order valence-corrected chi connectivity index (χ1v) is 13.0. The van der Waals surface area contributed by atoms with Gasteiger partial charge in [-0.3, -0.25) is 14.6 Å². The highest BCUT2D eigenvalue weighted by Gasteiger charge is 2.31. The molecule has 2 atom stereocenters. The molecule has 2 amide bonds. The van der Waals surface area contributed by atoms with Crippen molar-refractivity contribution in [3.63, 3.8) is 0 Å². The molecule has 200 valence electrons. The SMILES string of the molecule is C[C@@H]1CCC[C@H](N2CCC(c3cc(Cl)ccc3C#N)=CC2=O)c2cc(ccn2)-c2c(cnn2C(F)F)NC1=O. The number of aromatic nitrogens is 3. The van der Waals surface area contributed by atoms with Gasteiger partial charge in [0.1, 0.15) is 0 Å². The Balaban J connectivity index is 1.55. The van der Waals surface area contributed by atoms with Crippen LogP contribution in [-0.2, 0) is 9.59 Å². The molecule has 2 aliphatic rings. The van der Waals surface area contributed by atoms with Gasteiger partial charge in [-0.05, 0) is 60.7 Å². The first-order valence-electron chi connectivity index (χ1n) is 12.6. The maximum atomic E-state index is 13.8. The maximum absolute atomic E-state index is 13.8. The minimum absolute atomic E-state index is 0.0747. The van der Waals surface area contributed by atoms with Crippen molar-refractivity contribution in [1.29, 1.82) is 5.26 Å². The van der Waals surface area contributed by atoms with Crippen LogP contribution in [0.5, 0.6) is 0 Å². The molecule has 4 heterocycles. The van der Waals surface area contributed by atoms with Gasteiger partial charge in [0.15, 0.2) is 0 Å². The standard InChI is InChI=1S/C28H25ClF2N6O2/c1-16-3-2-4-24(36-10-8-17(12-25(36)38)21-13-20(29)6-5-19(21)14-32)22-11-18(7-9-33-22)26-23(35-27(16)39)15-34-37(26)28(30)31/h5-7,9,11-13,15-16,24,28H,2-4,8,10H2,1H3,(H,35,39)/t16-,24+/m1/s1. The van der Waals surface area contributed by atoms with Crippen LogP contribution in [0.2, 0.25) is 5.02 Å². The summed E-state index contributed by atoms with van der Waals surface area (Å²) in [6, 6.07) is 9.93. The Kier molecular flexibility index (Phi) is 7.44. The second-order valence-corrected chi connectivity index (χ2v) is 10.1. The van der Waals surface area contributed by atoms with E-state index in [2.05, 4.69) is 21.5 Å². The van der Waals surface area contributed by atoms with Gasteiger partial charge in [0.05, 0.1) is 40.9 Å². The summed E-state index contributed by atoms with van der Waals surface area (Å²) in [6.07, 6.45) is 6.47. The van der Waals surface area contributed by atoms with Crippen molar-refractivity contribution in [3.05, 3.63) is 70.6 Å². The fourth-order valence-corrected chi connectivity index (χ4v) is 5.36. The number of carbonyl (C=O) groups is 2. The lowest BCUT2D eigenvalue weighted by Gasteiger charge is -2.34. The van der Waals surface area contributed by atoms with E-state index in [1.165, 1.54) is 18.5 Å². The van der Waals surface area contributed by atoms with Crippen LogP contribution < -0.4 is 5.32 Å². The van der Waals surface area contributed by atoms with E-state index >= 15 is 0 Å². The van der Waals surface area contributed by atoms with Crippen LogP contribution in [0.15, 0.2) is 48.8 Å². The third-order valence-electron chi connectivity index (χ3n) is 7.22. The number of hydrogen-bond acceptors (Lipinski definition) is 5. The van der Waals surface area contributed by atoms with Crippen LogP contribution in [-0.4, -0.2) is 38.0 Å². The van der Waals surface area contributed by atoms with Gasteiger partial charge >= 0.3 is 6.55 Å². The van der Waals surface area contributed by atoms with E-state index in [1.807, 2.05) is 0 Å². The fraction of sp³-hybridized carbons (Fsp3) is 0.321. The number of nitriles is 1. The number of alkyl halides is 2. The zero-order valence-electron chi connectivity index (χ0n) is 21.1. The maximum Gasteiger partial charge on any atom is 0.333 e. The minimum atomic E-state index is -2.92. The third kappa shape index (κ3) is 5.27. The number of hydrogen-bond donors (Lipinski definition) is 1. The van der Waals surface area contributed by atoms with Gasteiger partial charge in [-0.25, -0.2) is 4.68 Å². The smallest absolute Gasteiger partial charge is 0.330 e. The number of fused-ring (bicyclic) bond motifs is 4. The summed E-state index contributed by atoms with van der Waals surface area (Å²) in [5.41, 5.74) is 3.02. The van der Waals surface area contributed by atoms with Gasteiger partial charge in [0.2, 0.25) is 11.8 Å². The number of nitrogens with one attached hydrogen (secondary N) is 1. The van der Waals surface area contributed by atoms with Crippen molar-refractivity contribution in [2.75, 3.05) is 11.9 Å². The molecule has 11 heteroatoms. The summed E-state index contributed by atoms with van der Waals surface area (Å²) < 4.78 is 28.3. The predicted octanol–water partition coefficient (Wildman–Crippen LogP) is 5.98. The Labute approximate surface area is 228 Å². The van der Waals surface area contributed by atoms with Crippen molar-refractivity contribution in [3.8, 4) is 17.3 Å². The average Bonchev–Trinajstić information content (AvgIpc) is 3.34. The summed E-state index contributed by atoms with van der Waals surface area (Å²) in [6.45, 7) is -0.765. The first kappa shape index (κ1) is 26.5. The molecular formula is C28H25ClF2N6O2. The second-order valence-electron chi connectivity index (χ2n) is 9.69. The van der Waals surface area contributed by atoms with E-state index < -0.39 is 12.6 Å². The highest BCUT2D eigenvalue weighted by Crippen LogP contribution is 2.37. The lowest BCUT2D eigenvalue weighted by Crippen LogP contribution is -2.38. The van der Waals surface area contributed by atoms with E-state index in [0.717, 1.165) is 5.57 Å². The number of benzene rings is 1. The molecule has 0 saturated carbocycles. The molecule has 2 bridgehead atoms. The molecule has 1 aromatic carbocycles. The Morgan fingerprint density at radius 2 is 2.03 bits per heavy atom. The van der Waals surface area contributed by atoms with Crippen LogP contribution in [0.1, 0.15) is 62.0 Å². The molecule has 39 heavy (non-hydrogen) atoms. The van der Waals surface area contributed by atoms with Crippen molar-refractivity contribution >= 4 is 34.7 Å². The molecule has 0 unspecified atom stereocenters. The molecule has 0 aliphatic carbocycles. The summed E-state index contributed by atoms with van der Waals surface area (Å²) in [7, 11) is 0. The van der Waals surface area contributed by atoms with Crippen molar-refractivity contribution in [1.82, 2.24) is 19.7 Å². The number of rotatable bonds is 3. The number of anilines is 1. The van der Waals surface area contributed by atoms with Gasteiger partial charge in [-0.15, -0.1) is 0 Å². The first-order chi connectivity index (χ1) is 18.8. The van der Waals surface area contributed by atoms with Crippen molar-refractivity contribution in [2.24, 2.45) is 5.92 Å². The third-order valence-corrected chi connectivity index (χ3v) is 7.46. The Morgan fingerprint density at radius 3 is 2.77 bits per heavy atom. The van der Waals surface area contributed by atoms with Crippen molar-refractivity contribution in [2.45, 2.75) is 45.2 Å². The topological polar surface area (TPSA) is 104 Å².